The summed E-state index contributed by atoms with van der Waals surface area (Å²) in [5.74, 6) is -0.0214. The number of imidazole rings is 1. The maximum atomic E-state index is 12.6. The van der Waals surface area contributed by atoms with Crippen LogP contribution in [0, 0.1) is 0 Å². The number of nitrogens with zero attached hydrogens (tertiary/aromatic N) is 3. The second-order valence-electron chi connectivity index (χ2n) is 8.17. The zero-order valence-electron chi connectivity index (χ0n) is 17.9. The van der Waals surface area contributed by atoms with Crippen molar-refractivity contribution >= 4 is 22.6 Å². The Balaban J connectivity index is 1.32. The van der Waals surface area contributed by atoms with Crippen LogP contribution in [-0.4, -0.2) is 35.1 Å². The molecule has 30 heavy (non-hydrogen) atoms. The fourth-order valence-corrected chi connectivity index (χ4v) is 4.51. The first-order chi connectivity index (χ1) is 14.8. The number of carbonyl (C=O) groups excluding carboxylic acids is 1. The Kier molecular flexibility index (Phi) is 6.67. The van der Waals surface area contributed by atoms with Crippen LogP contribution >= 0.6 is 0 Å². The number of amides is 1. The second-order valence-corrected chi connectivity index (χ2v) is 8.17. The number of carbonyl (C=O) groups is 1. The first-order valence-electron chi connectivity index (χ1n) is 11.3. The molecular formula is C25H32N4O. The van der Waals surface area contributed by atoms with Gasteiger partial charge in [-0.05, 0) is 56.5 Å². The summed E-state index contributed by atoms with van der Waals surface area (Å²) >= 11 is 0. The van der Waals surface area contributed by atoms with E-state index in [1.807, 2.05) is 24.5 Å². The molecule has 3 aromatic rings. The van der Waals surface area contributed by atoms with Gasteiger partial charge in [0.2, 0.25) is 0 Å². The third kappa shape index (κ3) is 4.66. The highest BCUT2D eigenvalue weighted by Crippen LogP contribution is 2.30. The summed E-state index contributed by atoms with van der Waals surface area (Å²) in [6, 6.07) is 16.9. The molecule has 0 radical (unpaired) electrons. The minimum absolute atomic E-state index is 0.0214. The van der Waals surface area contributed by atoms with E-state index in [1.54, 1.807) is 0 Å². The van der Waals surface area contributed by atoms with E-state index in [0.29, 0.717) is 18.2 Å². The lowest BCUT2D eigenvalue weighted by Crippen LogP contribution is -2.29. The Hall–Kier alpha value is -2.82. The fraction of sp³-hybridized carbons (Fsp3) is 0.440. The van der Waals surface area contributed by atoms with Crippen molar-refractivity contribution in [3.8, 4) is 0 Å². The van der Waals surface area contributed by atoms with E-state index in [2.05, 4.69) is 57.0 Å². The number of hydrogen-bond acceptors (Lipinski definition) is 3. The summed E-state index contributed by atoms with van der Waals surface area (Å²) in [6.45, 7) is 4.70. The molecule has 0 spiro atoms. The average Bonchev–Trinajstić information content (AvgIpc) is 3.23. The summed E-state index contributed by atoms with van der Waals surface area (Å²) in [4.78, 5) is 19.5. The third-order valence-corrected chi connectivity index (χ3v) is 6.20. The van der Waals surface area contributed by atoms with Gasteiger partial charge in [-0.15, -0.1) is 0 Å². The molecule has 1 fully saturated rings. The van der Waals surface area contributed by atoms with Gasteiger partial charge in [-0.25, -0.2) is 4.98 Å². The van der Waals surface area contributed by atoms with Crippen molar-refractivity contribution in [3.63, 3.8) is 0 Å². The fourth-order valence-electron chi connectivity index (χ4n) is 4.51. The van der Waals surface area contributed by atoms with Crippen LogP contribution in [0.5, 0.6) is 0 Å². The number of fused-ring (bicyclic) bond motifs is 1. The number of aromatic nitrogens is 2. The zero-order chi connectivity index (χ0) is 20.8. The van der Waals surface area contributed by atoms with Gasteiger partial charge in [0.05, 0.1) is 17.4 Å². The zero-order valence-corrected chi connectivity index (χ0v) is 17.9. The molecule has 0 unspecified atom stereocenters. The summed E-state index contributed by atoms with van der Waals surface area (Å²) < 4.78 is 2.30. The summed E-state index contributed by atoms with van der Waals surface area (Å²) in [5, 5.41) is 3.06. The lowest BCUT2D eigenvalue weighted by Gasteiger charge is -2.23. The molecule has 1 aromatic heterocycles. The van der Waals surface area contributed by atoms with Crippen molar-refractivity contribution in [1.29, 1.82) is 0 Å². The van der Waals surface area contributed by atoms with Crippen LogP contribution in [0.15, 0.2) is 54.9 Å². The molecular weight excluding hydrogens is 372 g/mol. The van der Waals surface area contributed by atoms with Gasteiger partial charge in [-0.2, -0.15) is 0 Å². The van der Waals surface area contributed by atoms with Crippen LogP contribution in [0.2, 0.25) is 0 Å². The van der Waals surface area contributed by atoms with E-state index >= 15 is 0 Å². The molecule has 2 aromatic carbocycles. The second kappa shape index (κ2) is 9.79. The SMILES string of the molecule is CCN(CCCNC(=O)c1ccc2c(c1)ncn2C1CCCCC1)c1ccccc1. The van der Waals surface area contributed by atoms with Gasteiger partial charge in [-0.3, -0.25) is 4.79 Å². The lowest BCUT2D eigenvalue weighted by atomic mass is 9.95. The van der Waals surface area contributed by atoms with Crippen molar-refractivity contribution in [3.05, 3.63) is 60.4 Å². The highest BCUT2D eigenvalue weighted by molar-refractivity contribution is 5.97. The highest BCUT2D eigenvalue weighted by atomic mass is 16.1. The number of anilines is 1. The molecule has 1 amide bonds. The number of para-hydroxylation sites is 1. The van der Waals surface area contributed by atoms with Crippen molar-refractivity contribution in [1.82, 2.24) is 14.9 Å². The Morgan fingerprint density at radius 3 is 2.70 bits per heavy atom. The van der Waals surface area contributed by atoms with Gasteiger partial charge in [0.25, 0.3) is 5.91 Å². The predicted octanol–water partition coefficient (Wildman–Crippen LogP) is 5.19. The van der Waals surface area contributed by atoms with E-state index in [4.69, 9.17) is 0 Å². The van der Waals surface area contributed by atoms with Gasteiger partial charge in [0.15, 0.2) is 0 Å². The van der Waals surface area contributed by atoms with Crippen molar-refractivity contribution in [2.45, 2.75) is 51.5 Å². The van der Waals surface area contributed by atoms with E-state index in [9.17, 15) is 4.79 Å². The number of hydrogen-bond donors (Lipinski definition) is 1. The topological polar surface area (TPSA) is 50.2 Å². The van der Waals surface area contributed by atoms with Crippen molar-refractivity contribution < 1.29 is 4.79 Å². The minimum Gasteiger partial charge on any atom is -0.372 e. The molecule has 0 saturated heterocycles. The summed E-state index contributed by atoms with van der Waals surface area (Å²) in [5.41, 5.74) is 3.96. The maximum absolute atomic E-state index is 12.6. The molecule has 5 heteroatoms. The molecule has 0 atom stereocenters. The van der Waals surface area contributed by atoms with E-state index in [-0.39, 0.29) is 5.91 Å². The molecule has 5 nitrogen and oxygen atoms in total. The predicted molar refractivity (Wildman–Crippen MR) is 123 cm³/mol. The van der Waals surface area contributed by atoms with Crippen LogP contribution in [0.25, 0.3) is 11.0 Å². The van der Waals surface area contributed by atoms with Crippen LogP contribution in [0.3, 0.4) is 0 Å². The number of benzene rings is 2. The van der Waals surface area contributed by atoms with Crippen molar-refractivity contribution in [2.24, 2.45) is 0 Å². The third-order valence-electron chi connectivity index (χ3n) is 6.20. The van der Waals surface area contributed by atoms with Gasteiger partial charge in [0.1, 0.15) is 0 Å². The summed E-state index contributed by atoms with van der Waals surface area (Å²) in [7, 11) is 0. The number of rotatable bonds is 8. The van der Waals surface area contributed by atoms with E-state index in [0.717, 1.165) is 30.5 Å². The molecule has 1 heterocycles. The molecule has 1 saturated carbocycles. The first-order valence-corrected chi connectivity index (χ1v) is 11.3. The average molecular weight is 405 g/mol. The van der Waals surface area contributed by atoms with Gasteiger partial charge in [-0.1, -0.05) is 37.5 Å². The monoisotopic (exact) mass is 404 g/mol. The maximum Gasteiger partial charge on any atom is 0.251 e. The standard InChI is InChI=1S/C25H32N4O/c1-2-28(21-10-5-3-6-11-21)17-9-16-26-25(30)20-14-15-24-23(18-20)27-19-29(24)22-12-7-4-8-13-22/h3,5-6,10-11,14-15,18-19,22H,2,4,7-9,12-13,16-17H2,1H3,(H,26,30). The Labute approximate surface area is 179 Å². The highest BCUT2D eigenvalue weighted by Gasteiger charge is 2.18. The smallest absolute Gasteiger partial charge is 0.251 e. The van der Waals surface area contributed by atoms with Crippen LogP contribution in [-0.2, 0) is 0 Å². The Morgan fingerprint density at radius 2 is 1.93 bits per heavy atom. The number of nitrogens with one attached hydrogen (secondary N) is 1. The first kappa shape index (κ1) is 20.5. The molecule has 1 aliphatic carbocycles. The Bertz CT molecular complexity index is 960. The van der Waals surface area contributed by atoms with Crippen molar-refractivity contribution in [2.75, 3.05) is 24.5 Å². The molecule has 4 rings (SSSR count). The molecule has 158 valence electrons. The van der Waals surface area contributed by atoms with Crippen LogP contribution < -0.4 is 10.2 Å². The lowest BCUT2D eigenvalue weighted by molar-refractivity contribution is 0.0953. The van der Waals surface area contributed by atoms with Crippen LogP contribution in [0.4, 0.5) is 5.69 Å². The van der Waals surface area contributed by atoms with Gasteiger partial charge >= 0.3 is 0 Å². The molecule has 1 N–H and O–H groups in total. The van der Waals surface area contributed by atoms with Gasteiger partial charge < -0.3 is 14.8 Å². The molecule has 0 bridgehead atoms. The minimum atomic E-state index is -0.0214. The summed E-state index contributed by atoms with van der Waals surface area (Å²) in [6.07, 6.45) is 9.25. The van der Waals surface area contributed by atoms with Gasteiger partial charge in [0, 0.05) is 36.9 Å². The van der Waals surface area contributed by atoms with Crippen LogP contribution in [0.1, 0.15) is 61.8 Å². The van der Waals surface area contributed by atoms with E-state index < -0.39 is 0 Å². The quantitative estimate of drug-likeness (QED) is 0.526. The normalized spacial score (nSPS) is 14.7. The van der Waals surface area contributed by atoms with E-state index in [1.165, 1.54) is 37.8 Å². The Morgan fingerprint density at radius 1 is 1.13 bits per heavy atom. The molecule has 1 aliphatic rings. The largest absolute Gasteiger partial charge is 0.372 e. The molecule has 0 aliphatic heterocycles.